The number of aliphatic hydroxyl groups is 1. The van der Waals surface area contributed by atoms with E-state index in [0.717, 1.165) is 51.4 Å². The van der Waals surface area contributed by atoms with Crippen molar-refractivity contribution in [1.29, 1.82) is 0 Å². The molecule has 0 radical (unpaired) electrons. The molecule has 11 heteroatoms. The van der Waals surface area contributed by atoms with Crippen LogP contribution in [-0.4, -0.2) is 80.7 Å². The fourth-order valence-corrected chi connectivity index (χ4v) is 5.79. The lowest BCUT2D eigenvalue weighted by atomic mass is 9.94. The molecule has 3 heterocycles. The lowest BCUT2D eigenvalue weighted by Crippen LogP contribution is -2.53. The van der Waals surface area contributed by atoms with E-state index in [1.807, 2.05) is 0 Å². The molecule has 0 bridgehead atoms. The highest BCUT2D eigenvalue weighted by atomic mass is 16.8. The molecule has 5 rings (SSSR count). The highest BCUT2D eigenvalue weighted by Gasteiger charge is 2.56. The number of carboxylic acid groups (broad SMARTS) is 1. The minimum atomic E-state index is -1.19. The number of rotatable bonds is 7. The van der Waals surface area contributed by atoms with Gasteiger partial charge in [0.05, 0.1) is 12.9 Å². The van der Waals surface area contributed by atoms with Crippen LogP contribution in [0.1, 0.15) is 69.9 Å². The second kappa shape index (κ2) is 10.1. The molecular weight excluding hydrogens is 458 g/mol. The summed E-state index contributed by atoms with van der Waals surface area (Å²) in [6.45, 7) is 0.208. The van der Waals surface area contributed by atoms with Crippen LogP contribution in [0.5, 0.6) is 0 Å². The van der Waals surface area contributed by atoms with Gasteiger partial charge in [0.25, 0.3) is 5.91 Å². The average molecular weight is 494 g/mol. The van der Waals surface area contributed by atoms with Gasteiger partial charge >= 0.3 is 5.97 Å². The Hall–Kier alpha value is -2.05. The Kier molecular flexibility index (Phi) is 7.13. The number of aromatic amines is 1. The third-order valence-corrected chi connectivity index (χ3v) is 7.67. The van der Waals surface area contributed by atoms with Gasteiger partial charge in [0, 0.05) is 44.0 Å². The van der Waals surface area contributed by atoms with Crippen molar-refractivity contribution in [3.63, 3.8) is 0 Å². The third kappa shape index (κ3) is 5.24. The largest absolute Gasteiger partial charge is 0.480 e. The molecule has 4 fully saturated rings. The van der Waals surface area contributed by atoms with Crippen LogP contribution in [0.25, 0.3) is 0 Å². The fraction of sp³-hybridized carbons (Fsp3) is 0.792. The summed E-state index contributed by atoms with van der Waals surface area (Å²) in [4.78, 5) is 32.0. The van der Waals surface area contributed by atoms with Crippen molar-refractivity contribution in [1.82, 2.24) is 15.3 Å². The number of hydrogen-bond donors (Lipinski definition) is 4. The van der Waals surface area contributed by atoms with Gasteiger partial charge in [-0.2, -0.15) is 0 Å². The van der Waals surface area contributed by atoms with Crippen LogP contribution in [0.15, 0.2) is 12.5 Å². The van der Waals surface area contributed by atoms with Gasteiger partial charge in [-0.05, 0) is 25.7 Å². The highest BCUT2D eigenvalue weighted by Crippen LogP contribution is 2.44. The van der Waals surface area contributed by atoms with Crippen LogP contribution in [0.4, 0.5) is 0 Å². The monoisotopic (exact) mass is 493 g/mol. The molecule has 5 atom stereocenters. The van der Waals surface area contributed by atoms with E-state index < -0.39 is 53.9 Å². The minimum absolute atomic E-state index is 0.0368. The number of carbonyl (C=O) groups is 2. The van der Waals surface area contributed by atoms with E-state index >= 15 is 0 Å². The van der Waals surface area contributed by atoms with Gasteiger partial charge in [-0.25, -0.2) is 9.78 Å². The molecule has 194 valence electrons. The van der Waals surface area contributed by atoms with Crippen molar-refractivity contribution >= 4 is 11.9 Å². The Morgan fingerprint density at radius 2 is 1.74 bits per heavy atom. The molecule has 1 aromatic heterocycles. The highest BCUT2D eigenvalue weighted by molar-refractivity contribution is 5.87. The van der Waals surface area contributed by atoms with Gasteiger partial charge in [-0.15, -0.1) is 0 Å². The number of hydrogen-bond acceptors (Lipinski definition) is 8. The fourth-order valence-electron chi connectivity index (χ4n) is 5.79. The molecule has 2 aliphatic carbocycles. The summed E-state index contributed by atoms with van der Waals surface area (Å²) in [6.07, 6.45) is 7.77. The Bertz CT molecular complexity index is 881. The molecule has 2 aliphatic heterocycles. The maximum Gasteiger partial charge on any atom is 0.326 e. The summed E-state index contributed by atoms with van der Waals surface area (Å²) in [5.41, 5.74) is 0.580. The topological polar surface area (TPSA) is 152 Å². The standard InChI is InChI=1S/C24H35N3O8/c28-18(17-13-32-23(33-17)7-3-1-4-8-23)19-20(35-24(34-19)9-5-2-6-10-24)21(29)27-16(22(30)31)11-15-12-25-14-26-15/h12,14,16-20,28H,1-11,13H2,(H,25,26)(H,27,29)(H,30,31)/t16-,17+,18-,19+,20+/m1/s1. The Morgan fingerprint density at radius 3 is 2.37 bits per heavy atom. The maximum absolute atomic E-state index is 13.4. The summed E-state index contributed by atoms with van der Waals surface area (Å²) in [6, 6.07) is -1.19. The van der Waals surface area contributed by atoms with Crippen LogP contribution in [0.2, 0.25) is 0 Å². The molecule has 4 aliphatic rings. The summed E-state index contributed by atoms with van der Waals surface area (Å²) < 4.78 is 24.7. The van der Waals surface area contributed by atoms with E-state index in [1.165, 1.54) is 12.5 Å². The zero-order valence-electron chi connectivity index (χ0n) is 19.8. The number of aliphatic hydroxyl groups excluding tert-OH is 1. The van der Waals surface area contributed by atoms with E-state index in [2.05, 4.69) is 15.3 Å². The van der Waals surface area contributed by atoms with Crippen molar-refractivity contribution in [2.24, 2.45) is 0 Å². The summed E-state index contributed by atoms with van der Waals surface area (Å²) in [5, 5.41) is 23.6. The van der Waals surface area contributed by atoms with Crippen molar-refractivity contribution in [2.75, 3.05) is 6.61 Å². The second-order valence-corrected chi connectivity index (χ2v) is 10.2. The molecule has 11 nitrogen and oxygen atoms in total. The summed E-state index contributed by atoms with van der Waals surface area (Å²) in [7, 11) is 0. The number of imidazole rings is 1. The molecule has 2 saturated heterocycles. The van der Waals surface area contributed by atoms with Crippen LogP contribution in [0.3, 0.4) is 0 Å². The Balaban J connectivity index is 1.31. The van der Waals surface area contributed by atoms with Gasteiger partial charge in [0.2, 0.25) is 0 Å². The molecule has 1 aromatic rings. The summed E-state index contributed by atoms with van der Waals surface area (Å²) in [5.74, 6) is -3.45. The number of amides is 1. The van der Waals surface area contributed by atoms with Crippen molar-refractivity contribution in [2.45, 2.75) is 113 Å². The molecule has 2 saturated carbocycles. The Morgan fingerprint density at radius 1 is 1.06 bits per heavy atom. The molecule has 1 amide bonds. The number of aromatic nitrogens is 2. The van der Waals surface area contributed by atoms with E-state index in [0.29, 0.717) is 18.5 Å². The van der Waals surface area contributed by atoms with Gasteiger partial charge < -0.3 is 39.5 Å². The van der Waals surface area contributed by atoms with E-state index in [9.17, 15) is 19.8 Å². The molecule has 35 heavy (non-hydrogen) atoms. The number of H-pyrrole nitrogens is 1. The van der Waals surface area contributed by atoms with Crippen LogP contribution >= 0.6 is 0 Å². The normalized spacial score (nSPS) is 31.4. The van der Waals surface area contributed by atoms with Gasteiger partial charge in [-0.3, -0.25) is 4.79 Å². The number of nitrogens with one attached hydrogen (secondary N) is 2. The predicted octanol–water partition coefficient (Wildman–Crippen LogP) is 1.40. The molecule has 0 unspecified atom stereocenters. The molecule has 0 aromatic carbocycles. The predicted molar refractivity (Wildman–Crippen MR) is 120 cm³/mol. The van der Waals surface area contributed by atoms with Crippen molar-refractivity contribution in [3.05, 3.63) is 18.2 Å². The Labute approximate surface area is 203 Å². The van der Waals surface area contributed by atoms with Gasteiger partial charge in [0.1, 0.15) is 24.4 Å². The first kappa shape index (κ1) is 24.6. The van der Waals surface area contributed by atoms with E-state index in [1.54, 1.807) is 0 Å². The zero-order chi connectivity index (χ0) is 24.5. The number of carbonyl (C=O) groups excluding carboxylic acids is 1. The molecular formula is C24H35N3O8. The van der Waals surface area contributed by atoms with Gasteiger partial charge in [-0.1, -0.05) is 12.8 Å². The van der Waals surface area contributed by atoms with Crippen molar-refractivity contribution < 1.29 is 38.7 Å². The van der Waals surface area contributed by atoms with Crippen LogP contribution in [0, 0.1) is 0 Å². The van der Waals surface area contributed by atoms with Crippen LogP contribution < -0.4 is 5.32 Å². The van der Waals surface area contributed by atoms with E-state index in [-0.39, 0.29) is 13.0 Å². The SMILES string of the molecule is O=C(N[C@H](Cc1cnc[nH]1)C(=O)O)[C@H]1OC2(CCCCC2)O[C@H]1[C@H](O)[C@@H]1COC2(CCCCC2)O1. The first-order valence-electron chi connectivity index (χ1n) is 12.7. The van der Waals surface area contributed by atoms with Gasteiger partial charge in [0.15, 0.2) is 17.7 Å². The lowest BCUT2D eigenvalue weighted by Gasteiger charge is -2.34. The molecule has 4 N–H and O–H groups in total. The van der Waals surface area contributed by atoms with Crippen LogP contribution in [-0.2, 0) is 35.0 Å². The number of ether oxygens (including phenoxy) is 4. The van der Waals surface area contributed by atoms with Crippen molar-refractivity contribution in [3.8, 4) is 0 Å². The first-order chi connectivity index (χ1) is 16.9. The average Bonchev–Trinajstić information content (AvgIpc) is 3.59. The zero-order valence-corrected chi connectivity index (χ0v) is 19.8. The van der Waals surface area contributed by atoms with E-state index in [4.69, 9.17) is 18.9 Å². The number of nitrogens with zero attached hydrogens (tertiary/aromatic N) is 1. The first-order valence-corrected chi connectivity index (χ1v) is 12.7. The maximum atomic E-state index is 13.4. The minimum Gasteiger partial charge on any atom is -0.480 e. The molecule has 2 spiro atoms. The number of carboxylic acids is 1. The number of aliphatic carboxylic acids is 1. The summed E-state index contributed by atoms with van der Waals surface area (Å²) >= 11 is 0. The lowest BCUT2D eigenvalue weighted by molar-refractivity contribution is -0.217. The second-order valence-electron chi connectivity index (χ2n) is 10.2. The quantitative estimate of drug-likeness (QED) is 0.442. The smallest absolute Gasteiger partial charge is 0.326 e. The third-order valence-electron chi connectivity index (χ3n) is 7.67.